The Morgan fingerprint density at radius 3 is 2.52 bits per heavy atom. The molecule has 1 N–H and O–H groups in total. The zero-order valence-electron chi connectivity index (χ0n) is 12.8. The standard InChI is InChI=1S/C18H21NO2/c1-12-7-14(3)16(8-13(12)2)10-19-9-15-5-4-6-17-18(15)21-11-20-17/h4-8,19H,9-11H2,1-3H3. The summed E-state index contributed by atoms with van der Waals surface area (Å²) in [6, 6.07) is 10.6. The molecule has 2 aromatic rings. The lowest BCUT2D eigenvalue weighted by molar-refractivity contribution is 0.173. The Balaban J connectivity index is 1.67. The summed E-state index contributed by atoms with van der Waals surface area (Å²) in [5, 5.41) is 3.50. The summed E-state index contributed by atoms with van der Waals surface area (Å²) in [6.07, 6.45) is 0. The quantitative estimate of drug-likeness (QED) is 0.929. The van der Waals surface area contributed by atoms with E-state index in [1.165, 1.54) is 22.3 Å². The van der Waals surface area contributed by atoms with E-state index in [0.717, 1.165) is 30.2 Å². The molecule has 0 aliphatic carbocycles. The Morgan fingerprint density at radius 1 is 0.905 bits per heavy atom. The summed E-state index contributed by atoms with van der Waals surface area (Å²) in [5.74, 6) is 1.72. The Labute approximate surface area is 125 Å². The van der Waals surface area contributed by atoms with Crippen LogP contribution in [0.15, 0.2) is 30.3 Å². The van der Waals surface area contributed by atoms with E-state index in [9.17, 15) is 0 Å². The Hall–Kier alpha value is -2.00. The molecule has 0 saturated carbocycles. The molecule has 0 amide bonds. The fourth-order valence-corrected chi connectivity index (χ4v) is 2.67. The van der Waals surface area contributed by atoms with Crippen molar-refractivity contribution in [2.75, 3.05) is 6.79 Å². The van der Waals surface area contributed by atoms with Crippen molar-refractivity contribution in [1.82, 2.24) is 5.32 Å². The van der Waals surface area contributed by atoms with Crippen LogP contribution in [-0.2, 0) is 13.1 Å². The number of fused-ring (bicyclic) bond motifs is 1. The van der Waals surface area contributed by atoms with Gasteiger partial charge in [-0.25, -0.2) is 0 Å². The van der Waals surface area contributed by atoms with E-state index in [-0.39, 0.29) is 0 Å². The molecule has 1 heterocycles. The number of hydrogen-bond donors (Lipinski definition) is 1. The first-order chi connectivity index (χ1) is 10.1. The van der Waals surface area contributed by atoms with E-state index >= 15 is 0 Å². The van der Waals surface area contributed by atoms with Crippen LogP contribution in [-0.4, -0.2) is 6.79 Å². The number of benzene rings is 2. The largest absolute Gasteiger partial charge is 0.454 e. The minimum absolute atomic E-state index is 0.322. The molecule has 2 aromatic carbocycles. The van der Waals surface area contributed by atoms with E-state index in [2.05, 4.69) is 44.3 Å². The van der Waals surface area contributed by atoms with Crippen LogP contribution in [0.3, 0.4) is 0 Å². The summed E-state index contributed by atoms with van der Waals surface area (Å²) in [6.45, 7) is 8.44. The van der Waals surface area contributed by atoms with Gasteiger partial charge in [-0.05, 0) is 49.1 Å². The molecule has 0 fully saturated rings. The highest BCUT2D eigenvalue weighted by Crippen LogP contribution is 2.35. The summed E-state index contributed by atoms with van der Waals surface area (Å²) in [5.41, 5.74) is 6.52. The van der Waals surface area contributed by atoms with Crippen LogP contribution in [0.25, 0.3) is 0 Å². The first-order valence-corrected chi connectivity index (χ1v) is 7.30. The van der Waals surface area contributed by atoms with Crippen molar-refractivity contribution >= 4 is 0 Å². The Morgan fingerprint density at radius 2 is 1.67 bits per heavy atom. The average Bonchev–Trinajstić information content (AvgIpc) is 2.93. The van der Waals surface area contributed by atoms with Crippen molar-refractivity contribution in [1.29, 1.82) is 0 Å². The van der Waals surface area contributed by atoms with Gasteiger partial charge in [0.05, 0.1) is 0 Å². The maximum atomic E-state index is 5.53. The van der Waals surface area contributed by atoms with Crippen molar-refractivity contribution in [3.05, 3.63) is 58.1 Å². The second-order valence-electron chi connectivity index (χ2n) is 5.62. The number of aryl methyl sites for hydroxylation is 3. The molecular weight excluding hydrogens is 262 g/mol. The molecule has 1 aliphatic heterocycles. The second-order valence-corrected chi connectivity index (χ2v) is 5.62. The van der Waals surface area contributed by atoms with Crippen LogP contribution < -0.4 is 14.8 Å². The molecule has 3 rings (SSSR count). The lowest BCUT2D eigenvalue weighted by Gasteiger charge is -2.12. The predicted octanol–water partition coefficient (Wildman–Crippen LogP) is 3.63. The molecule has 0 bridgehead atoms. The molecule has 0 unspecified atom stereocenters. The van der Waals surface area contributed by atoms with Gasteiger partial charge in [-0.3, -0.25) is 0 Å². The molecule has 0 aromatic heterocycles. The van der Waals surface area contributed by atoms with Gasteiger partial charge < -0.3 is 14.8 Å². The molecular formula is C18H21NO2. The van der Waals surface area contributed by atoms with E-state index < -0.39 is 0 Å². The van der Waals surface area contributed by atoms with Gasteiger partial charge in [-0.1, -0.05) is 24.3 Å². The monoisotopic (exact) mass is 283 g/mol. The average molecular weight is 283 g/mol. The van der Waals surface area contributed by atoms with Crippen molar-refractivity contribution in [2.45, 2.75) is 33.9 Å². The first-order valence-electron chi connectivity index (χ1n) is 7.30. The SMILES string of the molecule is Cc1cc(C)c(CNCc2cccc3c2OCO3)cc1C. The predicted molar refractivity (Wildman–Crippen MR) is 83.8 cm³/mol. The summed E-state index contributed by atoms with van der Waals surface area (Å²) < 4.78 is 10.9. The summed E-state index contributed by atoms with van der Waals surface area (Å²) in [7, 11) is 0. The minimum atomic E-state index is 0.322. The van der Waals surface area contributed by atoms with Gasteiger partial charge in [0.15, 0.2) is 11.5 Å². The summed E-state index contributed by atoms with van der Waals surface area (Å²) in [4.78, 5) is 0. The molecule has 110 valence electrons. The number of ether oxygens (including phenoxy) is 2. The van der Waals surface area contributed by atoms with E-state index in [0.29, 0.717) is 6.79 Å². The van der Waals surface area contributed by atoms with Crippen molar-refractivity contribution in [2.24, 2.45) is 0 Å². The third-order valence-corrected chi connectivity index (χ3v) is 4.06. The van der Waals surface area contributed by atoms with Crippen LogP contribution in [0, 0.1) is 20.8 Å². The lowest BCUT2D eigenvalue weighted by Crippen LogP contribution is -2.14. The van der Waals surface area contributed by atoms with Gasteiger partial charge in [-0.2, -0.15) is 0 Å². The zero-order chi connectivity index (χ0) is 14.8. The van der Waals surface area contributed by atoms with Gasteiger partial charge in [0.25, 0.3) is 0 Å². The molecule has 0 saturated heterocycles. The fraction of sp³-hybridized carbons (Fsp3) is 0.333. The van der Waals surface area contributed by atoms with Gasteiger partial charge in [-0.15, -0.1) is 0 Å². The van der Waals surface area contributed by atoms with Crippen molar-refractivity contribution in [3.63, 3.8) is 0 Å². The van der Waals surface area contributed by atoms with Gasteiger partial charge >= 0.3 is 0 Å². The van der Waals surface area contributed by atoms with Crippen LogP contribution in [0.1, 0.15) is 27.8 Å². The zero-order valence-corrected chi connectivity index (χ0v) is 12.8. The normalized spacial score (nSPS) is 12.7. The number of para-hydroxylation sites is 1. The smallest absolute Gasteiger partial charge is 0.231 e. The third-order valence-electron chi connectivity index (χ3n) is 4.06. The maximum Gasteiger partial charge on any atom is 0.231 e. The number of nitrogens with one attached hydrogen (secondary N) is 1. The molecule has 3 nitrogen and oxygen atoms in total. The van der Waals surface area contributed by atoms with E-state index in [1.807, 2.05) is 12.1 Å². The minimum Gasteiger partial charge on any atom is -0.454 e. The maximum absolute atomic E-state index is 5.53. The highest BCUT2D eigenvalue weighted by Gasteiger charge is 2.16. The van der Waals surface area contributed by atoms with Gasteiger partial charge in [0.1, 0.15) is 0 Å². The third kappa shape index (κ3) is 2.88. The van der Waals surface area contributed by atoms with Crippen molar-refractivity contribution in [3.8, 4) is 11.5 Å². The fourth-order valence-electron chi connectivity index (χ4n) is 2.67. The second kappa shape index (κ2) is 5.78. The highest BCUT2D eigenvalue weighted by molar-refractivity contribution is 5.48. The Bertz CT molecular complexity index is 665. The molecule has 0 atom stereocenters. The number of rotatable bonds is 4. The molecule has 0 radical (unpaired) electrons. The first kappa shape index (κ1) is 14.0. The topological polar surface area (TPSA) is 30.5 Å². The van der Waals surface area contributed by atoms with E-state index in [4.69, 9.17) is 9.47 Å². The van der Waals surface area contributed by atoms with Gasteiger partial charge in [0, 0.05) is 18.7 Å². The summed E-state index contributed by atoms with van der Waals surface area (Å²) >= 11 is 0. The van der Waals surface area contributed by atoms with Crippen molar-refractivity contribution < 1.29 is 9.47 Å². The lowest BCUT2D eigenvalue weighted by atomic mass is 10.0. The molecule has 21 heavy (non-hydrogen) atoms. The van der Waals surface area contributed by atoms with E-state index in [1.54, 1.807) is 0 Å². The Kier molecular flexibility index (Phi) is 3.84. The molecule has 1 aliphatic rings. The van der Waals surface area contributed by atoms with Crippen LogP contribution in [0.5, 0.6) is 11.5 Å². The van der Waals surface area contributed by atoms with Crippen LogP contribution in [0.2, 0.25) is 0 Å². The van der Waals surface area contributed by atoms with Gasteiger partial charge in [0.2, 0.25) is 6.79 Å². The molecule has 3 heteroatoms. The number of hydrogen-bond acceptors (Lipinski definition) is 3. The highest BCUT2D eigenvalue weighted by atomic mass is 16.7. The van der Waals surface area contributed by atoms with Crippen LogP contribution >= 0.6 is 0 Å². The molecule has 0 spiro atoms. The van der Waals surface area contributed by atoms with Crippen LogP contribution in [0.4, 0.5) is 0 Å².